The van der Waals surface area contributed by atoms with Gasteiger partial charge in [0, 0.05) is 37.6 Å². The van der Waals surface area contributed by atoms with Crippen LogP contribution in [0.2, 0.25) is 0 Å². The molecule has 6 nitrogen and oxygen atoms in total. The molecular formula is C16H18N4O2. The lowest BCUT2D eigenvalue weighted by Crippen LogP contribution is -2.49. The maximum Gasteiger partial charge on any atom is 0.274 e. The third-order valence-corrected chi connectivity index (χ3v) is 3.78. The number of piperazine rings is 1. The number of benzene rings is 1. The molecule has 3 rings (SSSR count). The van der Waals surface area contributed by atoms with E-state index in [4.69, 9.17) is 4.74 Å². The highest BCUT2D eigenvalue weighted by Gasteiger charge is 2.30. The van der Waals surface area contributed by atoms with Crippen LogP contribution in [0.3, 0.4) is 0 Å². The number of nitrogens with one attached hydrogen (secondary N) is 1. The minimum Gasteiger partial charge on any atom is -0.496 e. The highest BCUT2D eigenvalue weighted by atomic mass is 16.5. The standard InChI is InChI=1S/C16H18N4O2/c1-22-15-5-3-2-4-12(15)14-11-18-8-9-20(14)16(21)13-10-17-6-7-19-13/h2-7,10,14,18H,8-9,11H2,1H3. The molecule has 1 atom stereocenters. The Bertz CT molecular complexity index is 648. The van der Waals surface area contributed by atoms with Crippen molar-refractivity contribution in [3.63, 3.8) is 0 Å². The van der Waals surface area contributed by atoms with Crippen LogP contribution in [0, 0.1) is 0 Å². The Kier molecular flexibility index (Phi) is 4.29. The quantitative estimate of drug-likeness (QED) is 0.924. The number of aromatic nitrogens is 2. The highest BCUT2D eigenvalue weighted by molar-refractivity contribution is 5.92. The van der Waals surface area contributed by atoms with Gasteiger partial charge in [-0.2, -0.15) is 0 Å². The van der Waals surface area contributed by atoms with Gasteiger partial charge in [0.25, 0.3) is 5.91 Å². The Morgan fingerprint density at radius 3 is 3.00 bits per heavy atom. The molecule has 1 fully saturated rings. The van der Waals surface area contributed by atoms with Gasteiger partial charge in [0.05, 0.1) is 19.3 Å². The van der Waals surface area contributed by atoms with Gasteiger partial charge in [0.2, 0.25) is 0 Å². The lowest BCUT2D eigenvalue weighted by molar-refractivity contribution is 0.0625. The largest absolute Gasteiger partial charge is 0.496 e. The predicted molar refractivity (Wildman–Crippen MR) is 81.7 cm³/mol. The molecule has 0 bridgehead atoms. The number of hydrogen-bond acceptors (Lipinski definition) is 5. The molecule has 0 radical (unpaired) electrons. The molecule has 1 unspecified atom stereocenters. The summed E-state index contributed by atoms with van der Waals surface area (Å²) in [5, 5.41) is 3.34. The normalized spacial score (nSPS) is 18.0. The number of ether oxygens (including phenoxy) is 1. The van der Waals surface area contributed by atoms with Crippen molar-refractivity contribution < 1.29 is 9.53 Å². The molecule has 1 amide bonds. The number of methoxy groups -OCH3 is 1. The molecule has 1 aliphatic heterocycles. The average Bonchev–Trinajstić information content (AvgIpc) is 2.62. The summed E-state index contributed by atoms with van der Waals surface area (Å²) in [6.07, 6.45) is 4.60. The van der Waals surface area contributed by atoms with Gasteiger partial charge in [-0.1, -0.05) is 18.2 Å². The van der Waals surface area contributed by atoms with Crippen LogP contribution in [-0.4, -0.2) is 47.5 Å². The van der Waals surface area contributed by atoms with E-state index in [9.17, 15) is 4.79 Å². The van der Waals surface area contributed by atoms with Crippen LogP contribution in [0.15, 0.2) is 42.9 Å². The van der Waals surface area contributed by atoms with E-state index in [0.29, 0.717) is 18.8 Å². The van der Waals surface area contributed by atoms with Crippen LogP contribution in [0.4, 0.5) is 0 Å². The monoisotopic (exact) mass is 298 g/mol. The molecule has 22 heavy (non-hydrogen) atoms. The van der Waals surface area contributed by atoms with Crippen LogP contribution < -0.4 is 10.1 Å². The van der Waals surface area contributed by atoms with E-state index < -0.39 is 0 Å². The number of hydrogen-bond donors (Lipinski definition) is 1. The maximum atomic E-state index is 12.7. The van der Waals surface area contributed by atoms with Crippen molar-refractivity contribution in [3.8, 4) is 5.75 Å². The fourth-order valence-corrected chi connectivity index (χ4v) is 2.72. The second-order valence-electron chi connectivity index (χ2n) is 5.05. The van der Waals surface area contributed by atoms with Crippen LogP contribution in [0.25, 0.3) is 0 Å². The molecule has 1 aromatic carbocycles. The Hall–Kier alpha value is -2.47. The Morgan fingerprint density at radius 2 is 2.23 bits per heavy atom. The van der Waals surface area contributed by atoms with E-state index in [1.54, 1.807) is 13.3 Å². The van der Waals surface area contributed by atoms with Crippen LogP contribution >= 0.6 is 0 Å². The summed E-state index contributed by atoms with van der Waals surface area (Å²) < 4.78 is 5.44. The van der Waals surface area contributed by atoms with Crippen molar-refractivity contribution in [2.45, 2.75) is 6.04 Å². The number of amides is 1. The van der Waals surface area contributed by atoms with Crippen molar-refractivity contribution in [2.75, 3.05) is 26.7 Å². The van der Waals surface area contributed by atoms with E-state index >= 15 is 0 Å². The molecule has 1 saturated heterocycles. The molecule has 1 aliphatic rings. The zero-order chi connectivity index (χ0) is 15.4. The third-order valence-electron chi connectivity index (χ3n) is 3.78. The summed E-state index contributed by atoms with van der Waals surface area (Å²) in [5.74, 6) is 0.679. The number of carbonyl (C=O) groups excluding carboxylic acids is 1. The summed E-state index contributed by atoms with van der Waals surface area (Å²) in [7, 11) is 1.64. The van der Waals surface area contributed by atoms with E-state index in [1.165, 1.54) is 12.4 Å². The lowest BCUT2D eigenvalue weighted by Gasteiger charge is -2.36. The van der Waals surface area contributed by atoms with E-state index in [2.05, 4.69) is 15.3 Å². The lowest BCUT2D eigenvalue weighted by atomic mass is 10.0. The van der Waals surface area contributed by atoms with E-state index in [0.717, 1.165) is 17.9 Å². The molecule has 1 N–H and O–H groups in total. The maximum absolute atomic E-state index is 12.7. The van der Waals surface area contributed by atoms with Gasteiger partial charge in [-0.3, -0.25) is 9.78 Å². The average molecular weight is 298 g/mol. The zero-order valence-electron chi connectivity index (χ0n) is 12.4. The predicted octanol–water partition coefficient (Wildman–Crippen LogP) is 1.27. The second kappa shape index (κ2) is 6.53. The summed E-state index contributed by atoms with van der Waals surface area (Å²) in [6, 6.07) is 7.70. The molecule has 0 spiro atoms. The number of nitrogens with zero attached hydrogens (tertiary/aromatic N) is 3. The smallest absolute Gasteiger partial charge is 0.274 e. The third kappa shape index (κ3) is 2.78. The summed E-state index contributed by atoms with van der Waals surface area (Å²) in [4.78, 5) is 22.7. The van der Waals surface area contributed by atoms with Gasteiger partial charge >= 0.3 is 0 Å². The van der Waals surface area contributed by atoms with Gasteiger partial charge in [-0.15, -0.1) is 0 Å². The molecule has 114 valence electrons. The number of carbonyl (C=O) groups is 1. The molecular weight excluding hydrogens is 280 g/mol. The minimum atomic E-state index is -0.106. The van der Waals surface area contributed by atoms with Crippen LogP contribution in [-0.2, 0) is 0 Å². The Balaban J connectivity index is 1.93. The first kappa shape index (κ1) is 14.5. The van der Waals surface area contributed by atoms with Gasteiger partial charge in [-0.25, -0.2) is 4.98 Å². The summed E-state index contributed by atoms with van der Waals surface area (Å²) >= 11 is 0. The Labute approximate surface area is 129 Å². The van der Waals surface area contributed by atoms with Crippen LogP contribution in [0.1, 0.15) is 22.1 Å². The zero-order valence-corrected chi connectivity index (χ0v) is 12.4. The van der Waals surface area contributed by atoms with Gasteiger partial charge in [0.1, 0.15) is 11.4 Å². The summed E-state index contributed by atoms with van der Waals surface area (Å²) in [5.41, 5.74) is 1.36. The molecule has 0 saturated carbocycles. The van der Waals surface area contributed by atoms with Gasteiger partial charge in [0.15, 0.2) is 0 Å². The molecule has 0 aliphatic carbocycles. The van der Waals surface area contributed by atoms with E-state index in [-0.39, 0.29) is 11.9 Å². The molecule has 2 aromatic rings. The van der Waals surface area contributed by atoms with Crippen molar-refractivity contribution in [1.29, 1.82) is 0 Å². The molecule has 2 heterocycles. The first-order chi connectivity index (χ1) is 10.8. The summed E-state index contributed by atoms with van der Waals surface area (Å²) in [6.45, 7) is 2.07. The topological polar surface area (TPSA) is 67.3 Å². The van der Waals surface area contributed by atoms with Gasteiger partial charge in [-0.05, 0) is 6.07 Å². The first-order valence-corrected chi connectivity index (χ1v) is 7.22. The van der Waals surface area contributed by atoms with Crippen molar-refractivity contribution in [3.05, 3.63) is 54.1 Å². The van der Waals surface area contributed by atoms with Crippen molar-refractivity contribution >= 4 is 5.91 Å². The first-order valence-electron chi connectivity index (χ1n) is 7.22. The van der Waals surface area contributed by atoms with Gasteiger partial charge < -0.3 is 15.0 Å². The van der Waals surface area contributed by atoms with E-state index in [1.807, 2.05) is 29.2 Å². The second-order valence-corrected chi connectivity index (χ2v) is 5.05. The molecule has 6 heteroatoms. The fourth-order valence-electron chi connectivity index (χ4n) is 2.72. The SMILES string of the molecule is COc1ccccc1C1CNCCN1C(=O)c1cnccn1. The van der Waals surface area contributed by atoms with Crippen LogP contribution in [0.5, 0.6) is 5.75 Å². The van der Waals surface area contributed by atoms with Crippen molar-refractivity contribution in [2.24, 2.45) is 0 Å². The highest BCUT2D eigenvalue weighted by Crippen LogP contribution is 2.30. The number of para-hydroxylation sites is 1. The van der Waals surface area contributed by atoms with Crippen molar-refractivity contribution in [1.82, 2.24) is 20.2 Å². The fraction of sp³-hybridized carbons (Fsp3) is 0.312. The Morgan fingerprint density at radius 1 is 1.36 bits per heavy atom. The molecule has 1 aromatic heterocycles. The minimum absolute atomic E-state index is 0.0839. The number of rotatable bonds is 3.